The second kappa shape index (κ2) is 6.67. The van der Waals surface area contributed by atoms with Crippen LogP contribution in [0.15, 0.2) is 18.7 Å². The fraction of sp³-hybridized carbons (Fsp3) is 0.545. The van der Waals surface area contributed by atoms with Crippen molar-refractivity contribution < 1.29 is 14.7 Å². The number of carboxylic acids is 1. The van der Waals surface area contributed by atoms with Crippen LogP contribution in [-0.4, -0.2) is 32.6 Å². The summed E-state index contributed by atoms with van der Waals surface area (Å²) in [6, 6.07) is -0.110. The quantitative estimate of drug-likeness (QED) is 0.731. The molecule has 0 spiro atoms. The fourth-order valence-corrected chi connectivity index (χ4v) is 1.41. The predicted molar refractivity (Wildman–Crippen MR) is 61.3 cm³/mol. The van der Waals surface area contributed by atoms with Crippen LogP contribution < -0.4 is 5.32 Å². The molecule has 1 atom stereocenters. The Kier molecular flexibility index (Phi) is 5.19. The molecule has 94 valence electrons. The molecule has 0 aliphatic heterocycles. The third-order valence-corrected chi connectivity index (χ3v) is 2.35. The minimum Gasteiger partial charge on any atom is -0.481 e. The summed E-state index contributed by atoms with van der Waals surface area (Å²) in [7, 11) is 0. The second-order valence-corrected chi connectivity index (χ2v) is 3.95. The normalized spacial score (nSPS) is 12.1. The van der Waals surface area contributed by atoms with Gasteiger partial charge in [0.25, 0.3) is 0 Å². The monoisotopic (exact) mass is 239 g/mol. The molecule has 0 aliphatic rings. The number of rotatable bonds is 7. The Morgan fingerprint density at radius 3 is 2.82 bits per heavy atom. The van der Waals surface area contributed by atoms with E-state index in [2.05, 4.69) is 10.3 Å². The summed E-state index contributed by atoms with van der Waals surface area (Å²) >= 11 is 0. The maximum absolute atomic E-state index is 11.5. The van der Waals surface area contributed by atoms with Gasteiger partial charge in [-0.05, 0) is 13.3 Å². The number of aryl methyl sites for hydroxylation is 1. The lowest BCUT2D eigenvalue weighted by molar-refractivity contribution is -0.137. The van der Waals surface area contributed by atoms with Crippen LogP contribution in [0.25, 0.3) is 0 Å². The summed E-state index contributed by atoms with van der Waals surface area (Å²) in [5.41, 5.74) is 0. The standard InChI is InChI=1S/C11H17N3O3/c1-9(2-3-11(16)17)13-10(15)4-6-14-7-5-12-8-14/h5,7-9H,2-4,6H2,1H3,(H,13,15)(H,16,17). The van der Waals surface area contributed by atoms with Gasteiger partial charge in [-0.25, -0.2) is 4.98 Å². The van der Waals surface area contributed by atoms with Gasteiger partial charge in [0.2, 0.25) is 5.91 Å². The molecule has 1 amide bonds. The zero-order valence-corrected chi connectivity index (χ0v) is 9.80. The molecular weight excluding hydrogens is 222 g/mol. The molecule has 0 saturated carbocycles. The van der Waals surface area contributed by atoms with Crippen LogP contribution in [0.1, 0.15) is 26.2 Å². The zero-order valence-electron chi connectivity index (χ0n) is 9.80. The van der Waals surface area contributed by atoms with Crippen LogP contribution in [0.3, 0.4) is 0 Å². The number of hydrogen-bond acceptors (Lipinski definition) is 3. The maximum atomic E-state index is 11.5. The van der Waals surface area contributed by atoms with Gasteiger partial charge in [0, 0.05) is 37.8 Å². The van der Waals surface area contributed by atoms with Crippen LogP contribution in [0.4, 0.5) is 0 Å². The molecule has 1 heterocycles. The van der Waals surface area contributed by atoms with Crippen molar-refractivity contribution >= 4 is 11.9 Å². The van der Waals surface area contributed by atoms with Crippen LogP contribution in [0, 0.1) is 0 Å². The van der Waals surface area contributed by atoms with Crippen molar-refractivity contribution in [1.29, 1.82) is 0 Å². The number of hydrogen-bond donors (Lipinski definition) is 2. The number of carbonyl (C=O) groups is 2. The number of aliphatic carboxylic acids is 1. The largest absolute Gasteiger partial charge is 0.481 e. The number of amides is 1. The van der Waals surface area contributed by atoms with Crippen LogP contribution in [-0.2, 0) is 16.1 Å². The Hall–Kier alpha value is -1.85. The van der Waals surface area contributed by atoms with Crippen molar-refractivity contribution in [2.24, 2.45) is 0 Å². The molecular formula is C11H17N3O3. The van der Waals surface area contributed by atoms with Gasteiger partial charge >= 0.3 is 5.97 Å². The number of nitrogens with one attached hydrogen (secondary N) is 1. The minimum absolute atomic E-state index is 0.0724. The van der Waals surface area contributed by atoms with Gasteiger partial charge in [0.1, 0.15) is 0 Å². The molecule has 1 aromatic rings. The summed E-state index contributed by atoms with van der Waals surface area (Å²) in [6.45, 7) is 2.38. The maximum Gasteiger partial charge on any atom is 0.303 e. The molecule has 6 heteroatoms. The Balaban J connectivity index is 2.18. The van der Waals surface area contributed by atoms with Crippen molar-refractivity contribution in [3.8, 4) is 0 Å². The lowest BCUT2D eigenvalue weighted by Gasteiger charge is -2.12. The van der Waals surface area contributed by atoms with Crippen molar-refractivity contribution in [2.75, 3.05) is 0 Å². The molecule has 0 aromatic carbocycles. The van der Waals surface area contributed by atoms with Gasteiger partial charge in [0.05, 0.1) is 6.33 Å². The molecule has 6 nitrogen and oxygen atoms in total. The van der Waals surface area contributed by atoms with Gasteiger partial charge in [-0.1, -0.05) is 0 Å². The smallest absolute Gasteiger partial charge is 0.303 e. The first-order chi connectivity index (χ1) is 8.08. The molecule has 0 radical (unpaired) electrons. The van der Waals surface area contributed by atoms with Crippen molar-refractivity contribution in [1.82, 2.24) is 14.9 Å². The fourth-order valence-electron chi connectivity index (χ4n) is 1.41. The molecule has 0 fully saturated rings. The van der Waals surface area contributed by atoms with E-state index in [4.69, 9.17) is 5.11 Å². The number of carbonyl (C=O) groups excluding carboxylic acids is 1. The average molecular weight is 239 g/mol. The topological polar surface area (TPSA) is 84.2 Å². The molecule has 0 saturated heterocycles. The van der Waals surface area contributed by atoms with Crippen LogP contribution in [0.5, 0.6) is 0 Å². The van der Waals surface area contributed by atoms with Gasteiger partial charge in [-0.15, -0.1) is 0 Å². The minimum atomic E-state index is -0.843. The van der Waals surface area contributed by atoms with Gasteiger partial charge in [0.15, 0.2) is 0 Å². The number of carboxylic acid groups (broad SMARTS) is 1. The van der Waals surface area contributed by atoms with E-state index in [0.29, 0.717) is 19.4 Å². The highest BCUT2D eigenvalue weighted by Crippen LogP contribution is 1.98. The van der Waals surface area contributed by atoms with E-state index < -0.39 is 5.97 Å². The van der Waals surface area contributed by atoms with E-state index >= 15 is 0 Å². The molecule has 1 unspecified atom stereocenters. The summed E-state index contributed by atoms with van der Waals surface area (Å²) in [5, 5.41) is 11.3. The molecule has 1 rings (SSSR count). The van der Waals surface area contributed by atoms with E-state index in [1.165, 1.54) is 0 Å². The lowest BCUT2D eigenvalue weighted by Crippen LogP contribution is -2.33. The van der Waals surface area contributed by atoms with Crippen molar-refractivity contribution in [3.05, 3.63) is 18.7 Å². The Morgan fingerprint density at radius 2 is 2.24 bits per heavy atom. The zero-order chi connectivity index (χ0) is 12.7. The predicted octanol–water partition coefficient (Wildman–Crippen LogP) is 0.643. The highest BCUT2D eigenvalue weighted by Gasteiger charge is 2.08. The van der Waals surface area contributed by atoms with Crippen LogP contribution in [0.2, 0.25) is 0 Å². The van der Waals surface area contributed by atoms with Gasteiger partial charge < -0.3 is 15.0 Å². The van der Waals surface area contributed by atoms with E-state index in [9.17, 15) is 9.59 Å². The molecule has 2 N–H and O–H groups in total. The van der Waals surface area contributed by atoms with E-state index in [1.807, 2.05) is 4.57 Å². The summed E-state index contributed by atoms with van der Waals surface area (Å²) < 4.78 is 1.82. The van der Waals surface area contributed by atoms with E-state index in [-0.39, 0.29) is 18.4 Å². The van der Waals surface area contributed by atoms with Gasteiger partial charge in [-0.2, -0.15) is 0 Å². The summed E-state index contributed by atoms with van der Waals surface area (Å²) in [5.74, 6) is -0.916. The number of nitrogens with zero attached hydrogens (tertiary/aromatic N) is 2. The Labute approximate surface area is 99.7 Å². The van der Waals surface area contributed by atoms with Gasteiger partial charge in [-0.3, -0.25) is 9.59 Å². The molecule has 0 bridgehead atoms. The molecule has 17 heavy (non-hydrogen) atoms. The molecule has 0 aliphatic carbocycles. The summed E-state index contributed by atoms with van der Waals surface area (Å²) in [6.07, 6.45) is 6.00. The third-order valence-electron chi connectivity index (χ3n) is 2.35. The SMILES string of the molecule is CC(CCC(=O)O)NC(=O)CCn1ccnc1. The first kappa shape index (κ1) is 13.2. The number of aromatic nitrogens is 2. The lowest BCUT2D eigenvalue weighted by atomic mass is 10.2. The Bertz CT molecular complexity index is 362. The number of imidazole rings is 1. The summed E-state index contributed by atoms with van der Waals surface area (Å²) in [4.78, 5) is 25.7. The first-order valence-corrected chi connectivity index (χ1v) is 5.55. The van der Waals surface area contributed by atoms with E-state index in [0.717, 1.165) is 0 Å². The van der Waals surface area contributed by atoms with Crippen molar-refractivity contribution in [2.45, 2.75) is 38.8 Å². The average Bonchev–Trinajstić information content (AvgIpc) is 2.76. The third kappa shape index (κ3) is 5.70. The highest BCUT2D eigenvalue weighted by molar-refractivity contribution is 5.76. The second-order valence-electron chi connectivity index (χ2n) is 3.95. The first-order valence-electron chi connectivity index (χ1n) is 5.55. The molecule has 1 aromatic heterocycles. The van der Waals surface area contributed by atoms with Crippen LogP contribution >= 0.6 is 0 Å². The highest BCUT2D eigenvalue weighted by atomic mass is 16.4. The van der Waals surface area contributed by atoms with E-state index in [1.54, 1.807) is 25.6 Å². The Morgan fingerprint density at radius 1 is 1.47 bits per heavy atom. The van der Waals surface area contributed by atoms with Crippen molar-refractivity contribution in [3.63, 3.8) is 0 Å².